The lowest BCUT2D eigenvalue weighted by atomic mass is 9.77. The highest BCUT2D eigenvalue weighted by Gasteiger charge is 2.37. The molecule has 0 amide bonds. The van der Waals surface area contributed by atoms with Gasteiger partial charge in [0.25, 0.3) is 0 Å². The number of ketones is 1. The third-order valence-electron chi connectivity index (χ3n) is 3.98. The smallest absolute Gasteiger partial charge is 0.303 e. The van der Waals surface area contributed by atoms with Gasteiger partial charge in [-0.2, -0.15) is 0 Å². The third-order valence-corrected chi connectivity index (χ3v) is 3.98. The van der Waals surface area contributed by atoms with Crippen LogP contribution in [0.4, 0.5) is 0 Å². The molecule has 0 saturated heterocycles. The van der Waals surface area contributed by atoms with Crippen LogP contribution in [0.25, 0.3) is 5.57 Å². The number of hydrogen-bond acceptors (Lipinski definition) is 4. The number of fused-ring (bicyclic) bond motifs is 1. The number of rotatable bonds is 2. The SMILES string of the molecule is C=C(C)c1cc(O)c2c(c1C)C(C)CC(OC(C)=O)C2=O. The molecule has 21 heavy (non-hydrogen) atoms. The van der Waals surface area contributed by atoms with E-state index in [0.717, 1.165) is 22.3 Å². The normalized spacial score (nSPS) is 20.9. The number of aromatic hydroxyl groups is 1. The van der Waals surface area contributed by atoms with Gasteiger partial charge in [-0.05, 0) is 48.9 Å². The summed E-state index contributed by atoms with van der Waals surface area (Å²) in [5.41, 5.74) is 3.77. The van der Waals surface area contributed by atoms with E-state index in [-0.39, 0.29) is 23.0 Å². The van der Waals surface area contributed by atoms with E-state index in [4.69, 9.17) is 4.74 Å². The molecule has 2 unspecified atom stereocenters. The van der Waals surface area contributed by atoms with Gasteiger partial charge in [0.1, 0.15) is 5.75 Å². The zero-order valence-corrected chi connectivity index (χ0v) is 12.8. The predicted octanol–water partition coefficient (Wildman–Crippen LogP) is 3.36. The van der Waals surface area contributed by atoms with Crippen LogP contribution in [0.5, 0.6) is 5.75 Å². The standard InChI is InChI=1S/C17H20O4/c1-8(2)12-7-13(19)16-15(10(12)4)9(3)6-14(17(16)20)21-11(5)18/h7,9,14,19H,1,6H2,2-5H3. The summed E-state index contributed by atoms with van der Waals surface area (Å²) in [5.74, 6) is -0.861. The summed E-state index contributed by atoms with van der Waals surface area (Å²) >= 11 is 0. The summed E-state index contributed by atoms with van der Waals surface area (Å²) in [5, 5.41) is 10.2. The van der Waals surface area contributed by atoms with Crippen LogP contribution in [0.15, 0.2) is 12.6 Å². The molecule has 112 valence electrons. The maximum absolute atomic E-state index is 12.5. The first-order chi connectivity index (χ1) is 9.73. The van der Waals surface area contributed by atoms with Gasteiger partial charge in [0.2, 0.25) is 5.78 Å². The molecule has 0 bridgehead atoms. The van der Waals surface area contributed by atoms with Gasteiger partial charge in [-0.25, -0.2) is 0 Å². The maximum Gasteiger partial charge on any atom is 0.303 e. The lowest BCUT2D eigenvalue weighted by molar-refractivity contribution is -0.144. The first-order valence-corrected chi connectivity index (χ1v) is 6.97. The minimum absolute atomic E-state index is 0.0206. The lowest BCUT2D eigenvalue weighted by Crippen LogP contribution is -2.33. The number of hydrogen-bond donors (Lipinski definition) is 1. The number of Topliss-reactive ketones (excluding diaryl/α,β-unsaturated/α-hetero) is 1. The average molecular weight is 288 g/mol. The van der Waals surface area contributed by atoms with E-state index < -0.39 is 12.1 Å². The van der Waals surface area contributed by atoms with Crippen molar-refractivity contribution < 1.29 is 19.4 Å². The highest BCUT2D eigenvalue weighted by molar-refractivity contribution is 6.05. The van der Waals surface area contributed by atoms with Gasteiger partial charge in [0.05, 0.1) is 5.56 Å². The van der Waals surface area contributed by atoms with Gasteiger partial charge in [-0.1, -0.05) is 19.1 Å². The van der Waals surface area contributed by atoms with E-state index >= 15 is 0 Å². The van der Waals surface area contributed by atoms with Gasteiger partial charge in [0, 0.05) is 6.92 Å². The molecule has 0 spiro atoms. The molecule has 2 atom stereocenters. The largest absolute Gasteiger partial charge is 0.507 e. The molecular formula is C17H20O4. The van der Waals surface area contributed by atoms with Crippen molar-refractivity contribution in [2.24, 2.45) is 0 Å². The zero-order chi connectivity index (χ0) is 15.9. The second-order valence-electron chi connectivity index (χ2n) is 5.74. The molecule has 1 aliphatic carbocycles. The van der Waals surface area contributed by atoms with Crippen molar-refractivity contribution in [3.63, 3.8) is 0 Å². The maximum atomic E-state index is 12.5. The van der Waals surface area contributed by atoms with Crippen molar-refractivity contribution >= 4 is 17.3 Å². The number of carbonyl (C=O) groups excluding carboxylic acids is 2. The lowest BCUT2D eigenvalue weighted by Gasteiger charge is -2.30. The fourth-order valence-electron chi connectivity index (χ4n) is 3.11. The van der Waals surface area contributed by atoms with Crippen molar-refractivity contribution in [3.8, 4) is 5.75 Å². The molecule has 1 aliphatic rings. The van der Waals surface area contributed by atoms with E-state index in [0.29, 0.717) is 6.42 Å². The Kier molecular flexibility index (Phi) is 3.90. The number of benzene rings is 1. The van der Waals surface area contributed by atoms with Gasteiger partial charge in [0.15, 0.2) is 6.10 Å². The summed E-state index contributed by atoms with van der Waals surface area (Å²) in [6.45, 7) is 11.0. The molecule has 4 heteroatoms. The molecule has 4 nitrogen and oxygen atoms in total. The summed E-state index contributed by atoms with van der Waals surface area (Å²) in [6, 6.07) is 1.57. The van der Waals surface area contributed by atoms with Crippen LogP contribution in [-0.2, 0) is 9.53 Å². The Hall–Kier alpha value is -2.10. The van der Waals surface area contributed by atoms with E-state index in [1.165, 1.54) is 6.92 Å². The van der Waals surface area contributed by atoms with Crippen LogP contribution < -0.4 is 0 Å². The Morgan fingerprint density at radius 2 is 2.05 bits per heavy atom. The molecule has 0 fully saturated rings. The van der Waals surface area contributed by atoms with Crippen molar-refractivity contribution in [2.75, 3.05) is 0 Å². The van der Waals surface area contributed by atoms with Crippen LogP contribution in [0, 0.1) is 6.92 Å². The van der Waals surface area contributed by atoms with E-state index in [1.807, 2.05) is 20.8 Å². The molecule has 1 aromatic carbocycles. The molecule has 0 radical (unpaired) electrons. The Labute approximate surface area is 124 Å². The Morgan fingerprint density at radius 3 is 2.57 bits per heavy atom. The van der Waals surface area contributed by atoms with Crippen LogP contribution >= 0.6 is 0 Å². The summed E-state index contributed by atoms with van der Waals surface area (Å²) in [4.78, 5) is 23.6. The summed E-state index contributed by atoms with van der Waals surface area (Å²) in [6.07, 6.45) is -0.378. The molecular weight excluding hydrogens is 268 g/mol. The van der Waals surface area contributed by atoms with Crippen molar-refractivity contribution in [2.45, 2.75) is 46.1 Å². The molecule has 1 N–H and O–H groups in total. The quantitative estimate of drug-likeness (QED) is 0.848. The highest BCUT2D eigenvalue weighted by atomic mass is 16.5. The predicted molar refractivity (Wildman–Crippen MR) is 80.5 cm³/mol. The first kappa shape index (κ1) is 15.3. The van der Waals surface area contributed by atoms with Crippen LogP contribution in [0.2, 0.25) is 0 Å². The second kappa shape index (κ2) is 5.35. The molecule has 0 saturated carbocycles. The van der Waals surface area contributed by atoms with Gasteiger partial charge in [-0.3, -0.25) is 9.59 Å². The number of carbonyl (C=O) groups is 2. The van der Waals surface area contributed by atoms with Crippen molar-refractivity contribution in [1.29, 1.82) is 0 Å². The number of esters is 1. The third kappa shape index (κ3) is 2.58. The van der Waals surface area contributed by atoms with Crippen LogP contribution in [0.1, 0.15) is 60.2 Å². The van der Waals surface area contributed by atoms with Gasteiger partial charge in [-0.15, -0.1) is 0 Å². The molecule has 0 aliphatic heterocycles. The van der Waals surface area contributed by atoms with E-state index in [1.54, 1.807) is 6.07 Å². The monoisotopic (exact) mass is 288 g/mol. The van der Waals surface area contributed by atoms with E-state index in [9.17, 15) is 14.7 Å². The number of phenolic OH excluding ortho intramolecular Hbond substituents is 1. The summed E-state index contributed by atoms with van der Waals surface area (Å²) < 4.78 is 5.09. The minimum Gasteiger partial charge on any atom is -0.507 e. The molecule has 0 aromatic heterocycles. The van der Waals surface area contributed by atoms with Gasteiger partial charge < -0.3 is 9.84 Å². The van der Waals surface area contributed by atoms with E-state index in [2.05, 4.69) is 6.58 Å². The Morgan fingerprint density at radius 1 is 1.43 bits per heavy atom. The fourth-order valence-corrected chi connectivity index (χ4v) is 3.11. The highest BCUT2D eigenvalue weighted by Crippen LogP contribution is 2.41. The summed E-state index contributed by atoms with van der Waals surface area (Å²) in [7, 11) is 0. The molecule has 0 heterocycles. The molecule has 2 rings (SSSR count). The van der Waals surface area contributed by atoms with Crippen LogP contribution in [-0.4, -0.2) is 23.0 Å². The Balaban J connectivity index is 2.61. The van der Waals surface area contributed by atoms with Gasteiger partial charge >= 0.3 is 5.97 Å². The molecule has 1 aromatic rings. The Bertz CT molecular complexity index is 643. The minimum atomic E-state index is -0.814. The average Bonchev–Trinajstić information content (AvgIpc) is 2.36. The van der Waals surface area contributed by atoms with Crippen molar-refractivity contribution in [3.05, 3.63) is 34.9 Å². The first-order valence-electron chi connectivity index (χ1n) is 6.97. The topological polar surface area (TPSA) is 63.6 Å². The zero-order valence-electron chi connectivity index (χ0n) is 12.8. The number of allylic oxidation sites excluding steroid dienone is 1. The van der Waals surface area contributed by atoms with Crippen molar-refractivity contribution in [1.82, 2.24) is 0 Å². The number of ether oxygens (including phenoxy) is 1. The number of phenols is 1. The fraction of sp³-hybridized carbons (Fsp3) is 0.412. The second-order valence-corrected chi connectivity index (χ2v) is 5.74. The van der Waals surface area contributed by atoms with Crippen LogP contribution in [0.3, 0.4) is 0 Å².